The monoisotopic (exact) mass is 243 g/mol. The van der Waals surface area contributed by atoms with Crippen LogP contribution in [0.3, 0.4) is 0 Å². The third-order valence-corrected chi connectivity index (χ3v) is 2.77. The molecule has 0 spiro atoms. The number of hydrogen-bond acceptors (Lipinski definition) is 3. The van der Waals surface area contributed by atoms with Gasteiger partial charge in [-0.1, -0.05) is 29.8 Å². The number of likely N-dealkylation sites (N-methyl/N-ethyl adjacent to an activating group) is 1. The first-order valence-electron chi connectivity index (χ1n) is 5.25. The number of rotatable bonds is 6. The van der Waals surface area contributed by atoms with E-state index in [2.05, 4.69) is 0 Å². The summed E-state index contributed by atoms with van der Waals surface area (Å²) < 4.78 is 4.97. The van der Waals surface area contributed by atoms with Crippen LogP contribution in [0.4, 0.5) is 0 Å². The van der Waals surface area contributed by atoms with Gasteiger partial charge in [-0.3, -0.25) is 0 Å². The van der Waals surface area contributed by atoms with Gasteiger partial charge < -0.3 is 14.7 Å². The first-order valence-corrected chi connectivity index (χ1v) is 5.63. The van der Waals surface area contributed by atoms with Crippen LogP contribution in [0.15, 0.2) is 24.3 Å². The summed E-state index contributed by atoms with van der Waals surface area (Å²) in [4.78, 5) is 2.01. The predicted octanol–water partition coefficient (Wildman–Crippen LogP) is 1.95. The molecule has 0 amide bonds. The molecule has 0 saturated heterocycles. The van der Waals surface area contributed by atoms with Gasteiger partial charge >= 0.3 is 0 Å². The highest BCUT2D eigenvalue weighted by atomic mass is 35.5. The van der Waals surface area contributed by atoms with Crippen molar-refractivity contribution in [1.82, 2.24) is 4.90 Å². The molecule has 0 fully saturated rings. The van der Waals surface area contributed by atoms with Crippen LogP contribution in [0.5, 0.6) is 0 Å². The normalized spacial score (nSPS) is 13.1. The lowest BCUT2D eigenvalue weighted by atomic mass is 10.1. The van der Waals surface area contributed by atoms with Crippen LogP contribution in [0.25, 0.3) is 0 Å². The maximum Gasteiger partial charge on any atom is 0.0931 e. The van der Waals surface area contributed by atoms with Crippen molar-refractivity contribution in [1.29, 1.82) is 0 Å². The molecule has 0 aliphatic rings. The van der Waals surface area contributed by atoms with E-state index in [4.69, 9.17) is 16.3 Å². The smallest absolute Gasteiger partial charge is 0.0931 e. The second-order valence-corrected chi connectivity index (χ2v) is 4.20. The topological polar surface area (TPSA) is 32.7 Å². The van der Waals surface area contributed by atoms with Crippen molar-refractivity contribution in [3.05, 3.63) is 34.9 Å². The van der Waals surface area contributed by atoms with E-state index < -0.39 is 6.10 Å². The summed E-state index contributed by atoms with van der Waals surface area (Å²) >= 11 is 6.00. The van der Waals surface area contributed by atoms with E-state index in [1.807, 2.05) is 30.1 Å². The molecule has 3 nitrogen and oxygen atoms in total. The van der Waals surface area contributed by atoms with E-state index in [0.717, 1.165) is 12.1 Å². The van der Waals surface area contributed by atoms with Crippen LogP contribution < -0.4 is 0 Å². The molecule has 0 radical (unpaired) electrons. The van der Waals surface area contributed by atoms with Crippen LogP contribution >= 0.6 is 11.6 Å². The number of aliphatic hydroxyl groups is 1. The molecule has 1 N–H and O–H groups in total. The van der Waals surface area contributed by atoms with Crippen molar-refractivity contribution in [3.63, 3.8) is 0 Å². The highest BCUT2D eigenvalue weighted by molar-refractivity contribution is 6.31. The number of methoxy groups -OCH3 is 1. The summed E-state index contributed by atoms with van der Waals surface area (Å²) in [5, 5.41) is 10.6. The van der Waals surface area contributed by atoms with Crippen molar-refractivity contribution in [2.45, 2.75) is 6.10 Å². The molecule has 1 atom stereocenters. The second kappa shape index (κ2) is 6.86. The minimum atomic E-state index is -0.560. The molecule has 1 rings (SSSR count). The Morgan fingerprint density at radius 1 is 1.44 bits per heavy atom. The zero-order chi connectivity index (χ0) is 12.0. The Hall–Kier alpha value is -0.610. The highest BCUT2D eigenvalue weighted by Gasteiger charge is 2.12. The minimum Gasteiger partial charge on any atom is -0.387 e. The summed E-state index contributed by atoms with van der Waals surface area (Å²) in [6, 6.07) is 7.36. The Morgan fingerprint density at radius 3 is 2.75 bits per heavy atom. The maximum absolute atomic E-state index is 10.0. The van der Waals surface area contributed by atoms with Gasteiger partial charge in [0.1, 0.15) is 0 Å². The number of ether oxygens (including phenoxy) is 1. The molecular weight excluding hydrogens is 226 g/mol. The number of benzene rings is 1. The zero-order valence-electron chi connectivity index (χ0n) is 9.69. The van der Waals surface area contributed by atoms with Crippen molar-refractivity contribution in [3.8, 4) is 0 Å². The lowest BCUT2D eigenvalue weighted by Crippen LogP contribution is -2.28. The van der Waals surface area contributed by atoms with Gasteiger partial charge in [-0.05, 0) is 13.1 Å². The van der Waals surface area contributed by atoms with Gasteiger partial charge in [-0.25, -0.2) is 0 Å². The second-order valence-electron chi connectivity index (χ2n) is 3.79. The fourth-order valence-electron chi connectivity index (χ4n) is 1.48. The molecule has 1 aromatic carbocycles. The van der Waals surface area contributed by atoms with E-state index >= 15 is 0 Å². The van der Waals surface area contributed by atoms with Crippen LogP contribution in [0.1, 0.15) is 11.7 Å². The van der Waals surface area contributed by atoms with Crippen molar-refractivity contribution < 1.29 is 9.84 Å². The SMILES string of the molecule is COCCN(C)CC(O)c1ccccc1Cl. The summed E-state index contributed by atoms with van der Waals surface area (Å²) in [6.07, 6.45) is -0.560. The van der Waals surface area contributed by atoms with Gasteiger partial charge in [0.15, 0.2) is 0 Å². The van der Waals surface area contributed by atoms with E-state index in [1.165, 1.54) is 0 Å². The Morgan fingerprint density at radius 2 is 2.12 bits per heavy atom. The highest BCUT2D eigenvalue weighted by Crippen LogP contribution is 2.22. The van der Waals surface area contributed by atoms with Crippen molar-refractivity contribution >= 4 is 11.6 Å². The summed E-state index contributed by atoms with van der Waals surface area (Å²) in [5.74, 6) is 0. The average molecular weight is 244 g/mol. The molecule has 1 aromatic rings. The Labute approximate surface area is 102 Å². The first-order chi connectivity index (χ1) is 7.65. The van der Waals surface area contributed by atoms with Crippen LogP contribution in [0, 0.1) is 0 Å². The van der Waals surface area contributed by atoms with Gasteiger partial charge in [-0.15, -0.1) is 0 Å². The molecule has 0 aliphatic heterocycles. The van der Waals surface area contributed by atoms with Crippen LogP contribution in [-0.2, 0) is 4.74 Å². The number of halogens is 1. The molecule has 90 valence electrons. The Balaban J connectivity index is 2.52. The van der Waals surface area contributed by atoms with Gasteiger partial charge in [0.2, 0.25) is 0 Å². The number of nitrogens with zero attached hydrogens (tertiary/aromatic N) is 1. The van der Waals surface area contributed by atoms with E-state index in [-0.39, 0.29) is 0 Å². The molecule has 0 aromatic heterocycles. The van der Waals surface area contributed by atoms with E-state index in [0.29, 0.717) is 18.2 Å². The Bertz CT molecular complexity index is 320. The third kappa shape index (κ3) is 4.10. The molecular formula is C12H18ClNO2. The average Bonchev–Trinajstić information content (AvgIpc) is 2.26. The first kappa shape index (κ1) is 13.5. The fraction of sp³-hybridized carbons (Fsp3) is 0.500. The minimum absolute atomic E-state index is 0.549. The fourth-order valence-corrected chi connectivity index (χ4v) is 1.74. The molecule has 0 heterocycles. The molecule has 1 unspecified atom stereocenters. The molecule has 0 saturated carbocycles. The lowest BCUT2D eigenvalue weighted by molar-refractivity contribution is 0.103. The molecule has 0 bridgehead atoms. The van der Waals surface area contributed by atoms with Crippen LogP contribution in [-0.4, -0.2) is 43.9 Å². The summed E-state index contributed by atoms with van der Waals surface area (Å²) in [5.41, 5.74) is 0.772. The standard InChI is InChI=1S/C12H18ClNO2/c1-14(7-8-16-2)9-12(15)10-5-3-4-6-11(10)13/h3-6,12,15H,7-9H2,1-2H3. The van der Waals surface area contributed by atoms with E-state index in [9.17, 15) is 5.11 Å². The van der Waals surface area contributed by atoms with Gasteiger partial charge in [0, 0.05) is 30.8 Å². The number of hydrogen-bond donors (Lipinski definition) is 1. The summed E-state index contributed by atoms with van der Waals surface area (Å²) in [6.45, 7) is 2.00. The van der Waals surface area contributed by atoms with Crippen molar-refractivity contribution in [2.75, 3.05) is 33.9 Å². The van der Waals surface area contributed by atoms with Crippen molar-refractivity contribution in [2.24, 2.45) is 0 Å². The lowest BCUT2D eigenvalue weighted by Gasteiger charge is -2.20. The van der Waals surface area contributed by atoms with E-state index in [1.54, 1.807) is 13.2 Å². The van der Waals surface area contributed by atoms with Gasteiger partial charge in [-0.2, -0.15) is 0 Å². The third-order valence-electron chi connectivity index (χ3n) is 2.43. The summed E-state index contributed by atoms with van der Waals surface area (Å²) in [7, 11) is 3.61. The molecule has 4 heteroatoms. The Kier molecular flexibility index (Phi) is 5.77. The number of aliphatic hydroxyl groups excluding tert-OH is 1. The predicted molar refractivity (Wildman–Crippen MR) is 65.8 cm³/mol. The van der Waals surface area contributed by atoms with Gasteiger partial charge in [0.25, 0.3) is 0 Å². The molecule has 16 heavy (non-hydrogen) atoms. The quantitative estimate of drug-likeness (QED) is 0.829. The van der Waals surface area contributed by atoms with Gasteiger partial charge in [0.05, 0.1) is 12.7 Å². The van der Waals surface area contributed by atoms with Crippen LogP contribution in [0.2, 0.25) is 5.02 Å². The maximum atomic E-state index is 10.0. The largest absolute Gasteiger partial charge is 0.387 e. The zero-order valence-corrected chi connectivity index (χ0v) is 10.4. The molecule has 0 aliphatic carbocycles.